The molecule has 0 bridgehead atoms. The molecule has 7 nitrogen and oxygen atoms in total. The Bertz CT molecular complexity index is 568. The summed E-state index contributed by atoms with van der Waals surface area (Å²) in [6.07, 6.45) is 3.12. The van der Waals surface area contributed by atoms with Crippen LogP contribution in [0.5, 0.6) is 0 Å². The highest BCUT2D eigenvalue weighted by molar-refractivity contribution is 5.58. The lowest BCUT2D eigenvalue weighted by Gasteiger charge is -1.98. The monoisotopic (exact) mass is 262 g/mol. The van der Waals surface area contributed by atoms with E-state index in [0.717, 1.165) is 6.42 Å². The average Bonchev–Trinajstić information content (AvgIpc) is 2.88. The van der Waals surface area contributed by atoms with E-state index < -0.39 is 4.92 Å². The van der Waals surface area contributed by atoms with Crippen molar-refractivity contribution in [2.24, 2.45) is 0 Å². The molecule has 0 aliphatic carbocycles. The molecule has 1 heterocycles. The number of aliphatic hydroxyl groups excluding tert-OH is 1. The molecule has 0 saturated carbocycles. The third kappa shape index (κ3) is 3.35. The smallest absolute Gasteiger partial charge is 0.270 e. The number of rotatable bonds is 6. The minimum absolute atomic E-state index is 0.0223. The molecule has 7 heteroatoms. The van der Waals surface area contributed by atoms with Crippen molar-refractivity contribution in [3.05, 3.63) is 40.7 Å². The molecule has 0 atom stereocenters. The second-order valence-electron chi connectivity index (χ2n) is 4.07. The van der Waals surface area contributed by atoms with Gasteiger partial charge in [-0.05, 0) is 12.8 Å². The van der Waals surface area contributed by atoms with E-state index in [-0.39, 0.29) is 12.3 Å². The van der Waals surface area contributed by atoms with Crippen molar-refractivity contribution in [1.82, 2.24) is 14.8 Å². The maximum atomic E-state index is 10.7. The number of nitro benzene ring substituents is 1. The Morgan fingerprint density at radius 3 is 2.95 bits per heavy atom. The van der Waals surface area contributed by atoms with E-state index in [1.807, 2.05) is 0 Å². The van der Waals surface area contributed by atoms with Crippen molar-refractivity contribution < 1.29 is 10.0 Å². The summed E-state index contributed by atoms with van der Waals surface area (Å²) in [6.45, 7) is 0.828. The van der Waals surface area contributed by atoms with Crippen LogP contribution in [0.4, 0.5) is 5.69 Å². The summed E-state index contributed by atoms with van der Waals surface area (Å²) in [5.74, 6) is 0.465. The van der Waals surface area contributed by atoms with Gasteiger partial charge in [-0.2, -0.15) is 5.10 Å². The van der Waals surface area contributed by atoms with Crippen LogP contribution in [0.1, 0.15) is 12.8 Å². The molecule has 0 aliphatic heterocycles. The number of hydrogen-bond donors (Lipinski definition) is 1. The van der Waals surface area contributed by atoms with Gasteiger partial charge in [0.2, 0.25) is 0 Å². The molecule has 0 saturated heterocycles. The van der Waals surface area contributed by atoms with Crippen LogP contribution in [0.15, 0.2) is 30.6 Å². The Labute approximate surface area is 109 Å². The molecule has 100 valence electrons. The van der Waals surface area contributed by atoms with Crippen LogP contribution in [-0.4, -0.2) is 31.4 Å². The number of hydrogen-bond acceptors (Lipinski definition) is 5. The Kier molecular flexibility index (Phi) is 4.19. The molecule has 1 aromatic heterocycles. The van der Waals surface area contributed by atoms with Crippen molar-refractivity contribution >= 4 is 5.69 Å². The number of nitro groups is 1. The second kappa shape index (κ2) is 6.05. The molecule has 2 rings (SSSR count). The lowest BCUT2D eigenvalue weighted by Crippen LogP contribution is -1.99. The number of non-ortho nitro benzene ring substituents is 1. The predicted octanol–water partition coefficient (Wildman–Crippen LogP) is 1.63. The minimum Gasteiger partial charge on any atom is -0.396 e. The average molecular weight is 262 g/mol. The van der Waals surface area contributed by atoms with Crippen molar-refractivity contribution in [3.8, 4) is 11.4 Å². The predicted molar refractivity (Wildman–Crippen MR) is 68.4 cm³/mol. The molecule has 2 aromatic rings. The van der Waals surface area contributed by atoms with Crippen LogP contribution in [0.3, 0.4) is 0 Å². The van der Waals surface area contributed by atoms with Gasteiger partial charge in [-0.15, -0.1) is 0 Å². The van der Waals surface area contributed by atoms with Crippen LogP contribution in [0, 0.1) is 10.1 Å². The molecule has 0 radical (unpaired) electrons. The van der Waals surface area contributed by atoms with Gasteiger partial charge >= 0.3 is 0 Å². The fourth-order valence-electron chi connectivity index (χ4n) is 1.68. The van der Waals surface area contributed by atoms with E-state index >= 15 is 0 Å². The summed E-state index contributed by atoms with van der Waals surface area (Å²) < 4.78 is 1.67. The molecule has 1 N–H and O–H groups in total. The molecule has 0 amide bonds. The van der Waals surface area contributed by atoms with Gasteiger partial charge in [0.1, 0.15) is 6.33 Å². The topological polar surface area (TPSA) is 94.1 Å². The standard InChI is InChI=1S/C12H14N4O3/c17-7-2-1-6-15-9-13-12(14-15)10-4-3-5-11(8-10)16(18)19/h3-5,8-9,17H,1-2,6-7H2. The van der Waals surface area contributed by atoms with Gasteiger partial charge in [0.25, 0.3) is 5.69 Å². The van der Waals surface area contributed by atoms with Crippen LogP contribution in [0.2, 0.25) is 0 Å². The lowest BCUT2D eigenvalue weighted by atomic mass is 10.2. The summed E-state index contributed by atoms with van der Waals surface area (Å²) in [7, 11) is 0. The number of nitrogens with zero attached hydrogens (tertiary/aromatic N) is 4. The Hall–Kier alpha value is -2.28. The molecule has 0 fully saturated rings. The highest BCUT2D eigenvalue weighted by atomic mass is 16.6. The van der Waals surface area contributed by atoms with Gasteiger partial charge in [-0.1, -0.05) is 12.1 Å². The van der Waals surface area contributed by atoms with E-state index in [4.69, 9.17) is 5.11 Å². The fourth-order valence-corrected chi connectivity index (χ4v) is 1.68. The maximum absolute atomic E-state index is 10.7. The number of benzene rings is 1. The molecule has 0 aliphatic rings. The van der Waals surface area contributed by atoms with Crippen molar-refractivity contribution in [2.45, 2.75) is 19.4 Å². The first kappa shape index (κ1) is 13.2. The maximum Gasteiger partial charge on any atom is 0.270 e. The number of unbranched alkanes of at least 4 members (excludes halogenated alkanes) is 1. The lowest BCUT2D eigenvalue weighted by molar-refractivity contribution is -0.384. The van der Waals surface area contributed by atoms with Crippen molar-refractivity contribution in [3.63, 3.8) is 0 Å². The molecular weight excluding hydrogens is 248 g/mol. The molecular formula is C12H14N4O3. The largest absolute Gasteiger partial charge is 0.396 e. The first-order chi connectivity index (χ1) is 9.20. The zero-order chi connectivity index (χ0) is 13.7. The van der Waals surface area contributed by atoms with E-state index in [1.165, 1.54) is 12.1 Å². The van der Waals surface area contributed by atoms with Gasteiger partial charge in [-0.25, -0.2) is 4.98 Å². The van der Waals surface area contributed by atoms with Crippen LogP contribution >= 0.6 is 0 Å². The summed E-state index contributed by atoms with van der Waals surface area (Å²) in [5.41, 5.74) is 0.643. The zero-order valence-electron chi connectivity index (χ0n) is 10.3. The van der Waals surface area contributed by atoms with Gasteiger partial charge in [0, 0.05) is 30.8 Å². The molecule has 1 aromatic carbocycles. The van der Waals surface area contributed by atoms with Crippen molar-refractivity contribution in [2.75, 3.05) is 6.61 Å². The Morgan fingerprint density at radius 2 is 2.21 bits per heavy atom. The third-order valence-electron chi connectivity index (χ3n) is 2.65. The summed E-state index contributed by atoms with van der Waals surface area (Å²) in [6, 6.07) is 6.23. The van der Waals surface area contributed by atoms with Gasteiger partial charge in [-0.3, -0.25) is 14.8 Å². The molecule has 19 heavy (non-hydrogen) atoms. The minimum atomic E-state index is -0.443. The Morgan fingerprint density at radius 1 is 1.37 bits per heavy atom. The van der Waals surface area contributed by atoms with Crippen LogP contribution < -0.4 is 0 Å². The van der Waals surface area contributed by atoms with E-state index in [1.54, 1.807) is 23.1 Å². The Balaban J connectivity index is 2.13. The number of aromatic nitrogens is 3. The third-order valence-corrected chi connectivity index (χ3v) is 2.65. The second-order valence-corrected chi connectivity index (χ2v) is 4.07. The van der Waals surface area contributed by atoms with Crippen LogP contribution in [-0.2, 0) is 6.54 Å². The highest BCUT2D eigenvalue weighted by Gasteiger charge is 2.10. The number of aryl methyl sites for hydroxylation is 1. The molecule has 0 spiro atoms. The van der Waals surface area contributed by atoms with Crippen LogP contribution in [0.25, 0.3) is 11.4 Å². The van der Waals surface area contributed by atoms with Gasteiger partial charge in [0.05, 0.1) is 4.92 Å². The molecule has 0 unspecified atom stereocenters. The normalized spacial score (nSPS) is 10.6. The first-order valence-electron chi connectivity index (χ1n) is 5.96. The summed E-state index contributed by atoms with van der Waals surface area (Å²) in [4.78, 5) is 14.4. The number of aliphatic hydroxyl groups is 1. The van der Waals surface area contributed by atoms with Crippen molar-refractivity contribution in [1.29, 1.82) is 0 Å². The SMILES string of the molecule is O=[N+]([O-])c1cccc(-c2ncn(CCCCO)n2)c1. The van der Waals surface area contributed by atoms with E-state index in [9.17, 15) is 10.1 Å². The van der Waals surface area contributed by atoms with E-state index in [0.29, 0.717) is 24.4 Å². The summed E-state index contributed by atoms with van der Waals surface area (Å²) in [5, 5.41) is 23.7. The highest BCUT2D eigenvalue weighted by Crippen LogP contribution is 2.20. The first-order valence-corrected chi connectivity index (χ1v) is 5.96. The zero-order valence-corrected chi connectivity index (χ0v) is 10.3. The summed E-state index contributed by atoms with van der Waals surface area (Å²) >= 11 is 0. The quantitative estimate of drug-likeness (QED) is 0.485. The van der Waals surface area contributed by atoms with Gasteiger partial charge in [0.15, 0.2) is 5.82 Å². The van der Waals surface area contributed by atoms with E-state index in [2.05, 4.69) is 10.1 Å². The van der Waals surface area contributed by atoms with Gasteiger partial charge < -0.3 is 5.11 Å². The fraction of sp³-hybridized carbons (Fsp3) is 0.333.